The van der Waals surface area contributed by atoms with Gasteiger partial charge in [0.25, 0.3) is 0 Å². The van der Waals surface area contributed by atoms with Crippen LogP contribution >= 0.6 is 0 Å². The van der Waals surface area contributed by atoms with Gasteiger partial charge in [-0.15, -0.1) is 0 Å². The second-order valence-corrected chi connectivity index (χ2v) is 6.92. The highest BCUT2D eigenvalue weighted by Gasteiger charge is 2.26. The van der Waals surface area contributed by atoms with E-state index in [0.717, 1.165) is 5.57 Å². The summed E-state index contributed by atoms with van der Waals surface area (Å²) in [5.74, 6) is -0.903. The molecule has 22 heavy (non-hydrogen) atoms. The maximum absolute atomic E-state index is 10.7. The highest BCUT2D eigenvalue weighted by atomic mass is 16.4. The van der Waals surface area contributed by atoms with Gasteiger partial charge in [-0.25, -0.2) is 4.79 Å². The number of hydrogen-bond donors (Lipinski definition) is 1. The van der Waals surface area contributed by atoms with Gasteiger partial charge in [0.05, 0.1) is 0 Å². The standard InChI is InChI=1S/C19H29NO2/c1-13(9-11-20-16(4)18(21)22)15(3)12-17-14(2)8-7-10-19(17,5)6/h9,11-12,16H,7-8,10H2,1-6H3,(H,21,22)/b13-9+,15-12+,20-11?/t16-/m0/s1. The smallest absolute Gasteiger partial charge is 0.328 e. The minimum absolute atomic E-state index is 0.232. The van der Waals surface area contributed by atoms with Crippen LogP contribution in [0, 0.1) is 5.41 Å². The van der Waals surface area contributed by atoms with Gasteiger partial charge >= 0.3 is 5.97 Å². The highest BCUT2D eigenvalue weighted by Crippen LogP contribution is 2.41. The summed E-state index contributed by atoms with van der Waals surface area (Å²) in [5.41, 5.74) is 5.48. The van der Waals surface area contributed by atoms with Gasteiger partial charge in [0, 0.05) is 6.21 Å². The summed E-state index contributed by atoms with van der Waals surface area (Å²) in [5, 5.41) is 8.81. The fraction of sp³-hybridized carbons (Fsp3) is 0.579. The lowest BCUT2D eigenvalue weighted by atomic mass is 9.72. The largest absolute Gasteiger partial charge is 0.480 e. The Balaban J connectivity index is 2.94. The summed E-state index contributed by atoms with van der Waals surface area (Å²) < 4.78 is 0. The Labute approximate surface area is 134 Å². The molecule has 0 aromatic heterocycles. The summed E-state index contributed by atoms with van der Waals surface area (Å²) in [4.78, 5) is 14.7. The Morgan fingerprint density at radius 2 is 1.95 bits per heavy atom. The molecule has 0 aliphatic heterocycles. The fourth-order valence-electron chi connectivity index (χ4n) is 2.77. The summed E-state index contributed by atoms with van der Waals surface area (Å²) in [6, 6.07) is -0.699. The molecule has 3 heteroatoms. The van der Waals surface area contributed by atoms with Crippen LogP contribution in [0.15, 0.2) is 39.4 Å². The summed E-state index contributed by atoms with van der Waals surface area (Å²) in [6.07, 6.45) is 9.45. The van der Waals surface area contributed by atoms with E-state index < -0.39 is 12.0 Å². The highest BCUT2D eigenvalue weighted by molar-refractivity contribution is 5.79. The number of carbonyl (C=O) groups is 1. The first kappa shape index (κ1) is 18.4. The number of nitrogens with zero attached hydrogens (tertiary/aromatic N) is 1. The molecule has 1 aliphatic carbocycles. The van der Waals surface area contributed by atoms with Crippen molar-refractivity contribution >= 4 is 12.2 Å². The lowest BCUT2D eigenvalue weighted by molar-refractivity contribution is -0.137. The molecule has 1 aliphatic rings. The second-order valence-electron chi connectivity index (χ2n) is 6.92. The number of rotatable bonds is 5. The molecule has 0 saturated carbocycles. The van der Waals surface area contributed by atoms with Crippen molar-refractivity contribution in [2.24, 2.45) is 10.4 Å². The van der Waals surface area contributed by atoms with Crippen LogP contribution in [-0.4, -0.2) is 23.3 Å². The zero-order valence-electron chi connectivity index (χ0n) is 14.7. The predicted molar refractivity (Wildman–Crippen MR) is 93.4 cm³/mol. The normalized spacial score (nSPS) is 21.4. The molecule has 0 amide bonds. The Kier molecular flexibility index (Phi) is 6.34. The molecule has 1 atom stereocenters. The third-order valence-electron chi connectivity index (χ3n) is 4.52. The average molecular weight is 303 g/mol. The molecule has 0 fully saturated rings. The van der Waals surface area contributed by atoms with E-state index in [-0.39, 0.29) is 5.41 Å². The Morgan fingerprint density at radius 3 is 2.50 bits per heavy atom. The number of aliphatic carboxylic acids is 1. The third kappa shape index (κ3) is 4.97. The van der Waals surface area contributed by atoms with Crippen LogP contribution in [0.4, 0.5) is 0 Å². The number of allylic oxidation sites excluding steroid dienone is 6. The van der Waals surface area contributed by atoms with Crippen LogP contribution in [0.25, 0.3) is 0 Å². The molecule has 0 saturated heterocycles. The van der Waals surface area contributed by atoms with Crippen LogP contribution in [0.2, 0.25) is 0 Å². The Hall–Kier alpha value is -1.64. The first-order valence-electron chi connectivity index (χ1n) is 7.97. The molecule has 1 rings (SSSR count). The third-order valence-corrected chi connectivity index (χ3v) is 4.52. The fourth-order valence-corrected chi connectivity index (χ4v) is 2.77. The van der Waals surface area contributed by atoms with Crippen molar-refractivity contribution in [1.82, 2.24) is 0 Å². The molecular weight excluding hydrogens is 274 g/mol. The Bertz CT molecular complexity index is 548. The van der Waals surface area contributed by atoms with Crippen molar-refractivity contribution in [2.75, 3.05) is 0 Å². The first-order chi connectivity index (χ1) is 10.1. The molecule has 0 radical (unpaired) electrons. The van der Waals surface area contributed by atoms with E-state index >= 15 is 0 Å². The number of carboxylic acid groups (broad SMARTS) is 1. The summed E-state index contributed by atoms with van der Waals surface area (Å²) in [6.45, 7) is 12.6. The quantitative estimate of drug-likeness (QED) is 0.577. The van der Waals surface area contributed by atoms with Crippen molar-refractivity contribution in [3.05, 3.63) is 34.4 Å². The van der Waals surface area contributed by atoms with E-state index in [1.165, 1.54) is 36.0 Å². The maximum Gasteiger partial charge on any atom is 0.328 e. The van der Waals surface area contributed by atoms with Crippen molar-refractivity contribution in [3.8, 4) is 0 Å². The monoisotopic (exact) mass is 303 g/mol. The summed E-state index contributed by atoms with van der Waals surface area (Å²) in [7, 11) is 0. The van der Waals surface area contributed by atoms with E-state index in [0.29, 0.717) is 0 Å². The molecular formula is C19H29NO2. The van der Waals surface area contributed by atoms with E-state index in [9.17, 15) is 4.79 Å². The van der Waals surface area contributed by atoms with E-state index in [2.05, 4.69) is 38.8 Å². The van der Waals surface area contributed by atoms with Crippen LogP contribution in [0.5, 0.6) is 0 Å². The van der Waals surface area contributed by atoms with Crippen molar-refractivity contribution in [1.29, 1.82) is 0 Å². The first-order valence-corrected chi connectivity index (χ1v) is 7.97. The molecule has 122 valence electrons. The minimum atomic E-state index is -0.903. The summed E-state index contributed by atoms with van der Waals surface area (Å²) >= 11 is 0. The number of aliphatic imine (C=N–C) groups is 1. The van der Waals surface area contributed by atoms with Gasteiger partial charge in [-0.2, -0.15) is 0 Å². The predicted octanol–water partition coefficient (Wildman–Crippen LogP) is 4.95. The minimum Gasteiger partial charge on any atom is -0.480 e. The lowest BCUT2D eigenvalue weighted by Crippen LogP contribution is -2.19. The molecule has 0 heterocycles. The van der Waals surface area contributed by atoms with Gasteiger partial charge in [0.15, 0.2) is 0 Å². The molecule has 0 bridgehead atoms. The van der Waals surface area contributed by atoms with Gasteiger partial charge in [0.1, 0.15) is 6.04 Å². The van der Waals surface area contributed by atoms with Crippen molar-refractivity contribution in [2.45, 2.75) is 66.8 Å². The van der Waals surface area contributed by atoms with Crippen LogP contribution < -0.4 is 0 Å². The number of hydrogen-bond acceptors (Lipinski definition) is 2. The number of carboxylic acids is 1. The van der Waals surface area contributed by atoms with Crippen LogP contribution in [0.1, 0.15) is 60.8 Å². The Morgan fingerprint density at radius 1 is 1.32 bits per heavy atom. The zero-order chi connectivity index (χ0) is 16.9. The lowest BCUT2D eigenvalue weighted by Gasteiger charge is -2.33. The molecule has 0 unspecified atom stereocenters. The van der Waals surface area contributed by atoms with Gasteiger partial charge < -0.3 is 5.11 Å². The molecule has 0 aromatic rings. The molecule has 0 aromatic carbocycles. The van der Waals surface area contributed by atoms with E-state index in [4.69, 9.17) is 5.11 Å². The van der Waals surface area contributed by atoms with Gasteiger partial charge in [-0.05, 0) is 75.2 Å². The van der Waals surface area contributed by atoms with Gasteiger partial charge in [-0.1, -0.05) is 25.5 Å². The topological polar surface area (TPSA) is 49.7 Å². The average Bonchev–Trinajstić information content (AvgIpc) is 2.42. The zero-order valence-corrected chi connectivity index (χ0v) is 14.7. The molecule has 3 nitrogen and oxygen atoms in total. The van der Waals surface area contributed by atoms with Gasteiger partial charge in [-0.3, -0.25) is 4.99 Å². The van der Waals surface area contributed by atoms with Gasteiger partial charge in [0.2, 0.25) is 0 Å². The maximum atomic E-state index is 10.7. The second kappa shape index (κ2) is 7.57. The molecule has 0 spiro atoms. The SMILES string of the molecule is CC1=C(/C=C(C)/C(C)=C/C=N[C@@H](C)C(=O)O)C(C)(C)CCC1. The molecule has 1 N–H and O–H groups in total. The van der Waals surface area contributed by atoms with E-state index in [1.54, 1.807) is 13.1 Å². The van der Waals surface area contributed by atoms with Crippen molar-refractivity contribution in [3.63, 3.8) is 0 Å². The van der Waals surface area contributed by atoms with Crippen LogP contribution in [0.3, 0.4) is 0 Å². The van der Waals surface area contributed by atoms with Crippen molar-refractivity contribution < 1.29 is 9.90 Å². The van der Waals surface area contributed by atoms with Crippen LogP contribution in [-0.2, 0) is 4.79 Å². The van der Waals surface area contributed by atoms with E-state index in [1.807, 2.05) is 13.0 Å².